The van der Waals surface area contributed by atoms with Crippen molar-refractivity contribution in [2.75, 3.05) is 13.2 Å². The fourth-order valence-corrected chi connectivity index (χ4v) is 4.00. The van der Waals surface area contributed by atoms with Gasteiger partial charge in [0.1, 0.15) is 11.3 Å². The molecule has 1 heterocycles. The van der Waals surface area contributed by atoms with Crippen LogP contribution in [-0.2, 0) is 10.0 Å². The van der Waals surface area contributed by atoms with Crippen LogP contribution in [0.1, 0.15) is 23.2 Å². The molecule has 7 nitrogen and oxygen atoms in total. The number of carboxylic acid groups (broad SMARTS) is 1. The number of aliphatic hydroxyl groups is 1. The molecule has 0 radical (unpaired) electrons. The fraction of sp³-hybridized carbons (Fsp3) is 0.417. The highest BCUT2D eigenvalue weighted by atomic mass is 32.2. The third-order valence-electron chi connectivity index (χ3n) is 3.34. The van der Waals surface area contributed by atoms with Gasteiger partial charge in [0, 0.05) is 12.6 Å². The van der Waals surface area contributed by atoms with Gasteiger partial charge in [0.2, 0.25) is 10.0 Å². The van der Waals surface area contributed by atoms with Crippen molar-refractivity contribution in [3.8, 4) is 5.75 Å². The smallest absolute Gasteiger partial charge is 0.339 e. The Hall–Kier alpha value is -1.64. The largest absolute Gasteiger partial charge is 0.507 e. The zero-order valence-corrected chi connectivity index (χ0v) is 11.4. The molecule has 8 heteroatoms. The number of carbonyl (C=O) groups is 1. The van der Waals surface area contributed by atoms with E-state index in [-0.39, 0.29) is 18.0 Å². The molecule has 20 heavy (non-hydrogen) atoms. The first-order valence-corrected chi connectivity index (χ1v) is 7.51. The van der Waals surface area contributed by atoms with Gasteiger partial charge in [0.25, 0.3) is 0 Å². The average Bonchev–Trinajstić information content (AvgIpc) is 2.87. The summed E-state index contributed by atoms with van der Waals surface area (Å²) in [4.78, 5) is 10.7. The summed E-state index contributed by atoms with van der Waals surface area (Å²) >= 11 is 0. The lowest BCUT2D eigenvalue weighted by Gasteiger charge is -2.22. The first-order valence-electron chi connectivity index (χ1n) is 6.07. The zero-order valence-electron chi connectivity index (χ0n) is 10.6. The molecule has 110 valence electrons. The maximum absolute atomic E-state index is 12.4. The van der Waals surface area contributed by atoms with E-state index >= 15 is 0 Å². The van der Waals surface area contributed by atoms with Gasteiger partial charge in [0.15, 0.2) is 0 Å². The van der Waals surface area contributed by atoms with E-state index in [2.05, 4.69) is 0 Å². The van der Waals surface area contributed by atoms with Crippen molar-refractivity contribution in [3.05, 3.63) is 23.8 Å². The standard InChI is InChI=1S/C12H15NO6S/c14-7-8-2-1-5-13(8)20(18,19)9-3-4-11(15)10(6-9)12(16)17/h3-4,6,8,14-15H,1-2,5,7H2,(H,16,17). The topological polar surface area (TPSA) is 115 Å². The van der Waals surface area contributed by atoms with E-state index in [0.717, 1.165) is 18.2 Å². The zero-order chi connectivity index (χ0) is 14.9. The third kappa shape index (κ3) is 2.49. The lowest BCUT2D eigenvalue weighted by molar-refractivity contribution is 0.0693. The summed E-state index contributed by atoms with van der Waals surface area (Å²) in [6.45, 7) is 0.0138. The van der Waals surface area contributed by atoms with E-state index in [1.54, 1.807) is 0 Å². The van der Waals surface area contributed by atoms with Crippen LogP contribution in [-0.4, -0.2) is 53.2 Å². The fourth-order valence-electron chi connectivity index (χ4n) is 2.29. The van der Waals surface area contributed by atoms with Crippen LogP contribution < -0.4 is 0 Å². The molecule has 0 spiro atoms. The molecular formula is C12H15NO6S. The number of hydrogen-bond donors (Lipinski definition) is 3. The Morgan fingerprint density at radius 2 is 2.10 bits per heavy atom. The van der Waals surface area contributed by atoms with E-state index in [9.17, 15) is 23.4 Å². The van der Waals surface area contributed by atoms with E-state index in [0.29, 0.717) is 12.8 Å². The van der Waals surface area contributed by atoms with Gasteiger partial charge >= 0.3 is 5.97 Å². The second-order valence-corrected chi connectivity index (χ2v) is 6.47. The highest BCUT2D eigenvalue weighted by molar-refractivity contribution is 7.89. The third-order valence-corrected chi connectivity index (χ3v) is 5.29. The first kappa shape index (κ1) is 14.8. The van der Waals surface area contributed by atoms with Crippen molar-refractivity contribution in [2.24, 2.45) is 0 Å². The predicted molar refractivity (Wildman–Crippen MR) is 69.1 cm³/mol. The van der Waals surface area contributed by atoms with Crippen LogP contribution in [0.3, 0.4) is 0 Å². The van der Waals surface area contributed by atoms with Crippen LogP contribution in [0.4, 0.5) is 0 Å². The van der Waals surface area contributed by atoms with Crippen molar-refractivity contribution in [1.29, 1.82) is 0 Å². The molecule has 1 fully saturated rings. The molecular weight excluding hydrogens is 286 g/mol. The summed E-state index contributed by atoms with van der Waals surface area (Å²) in [7, 11) is -3.87. The number of sulfonamides is 1. The lowest BCUT2D eigenvalue weighted by atomic mass is 10.2. The summed E-state index contributed by atoms with van der Waals surface area (Å²) in [5.41, 5.74) is -0.467. The number of aromatic carboxylic acids is 1. The lowest BCUT2D eigenvalue weighted by Crippen LogP contribution is -2.37. The van der Waals surface area contributed by atoms with Gasteiger partial charge in [-0.3, -0.25) is 0 Å². The van der Waals surface area contributed by atoms with Gasteiger partial charge in [-0.15, -0.1) is 0 Å². The van der Waals surface area contributed by atoms with Crippen molar-refractivity contribution >= 4 is 16.0 Å². The molecule has 1 atom stereocenters. The Kier molecular flexibility index (Phi) is 3.98. The van der Waals surface area contributed by atoms with Gasteiger partial charge in [-0.1, -0.05) is 0 Å². The van der Waals surface area contributed by atoms with Crippen LogP contribution in [0.5, 0.6) is 5.75 Å². The number of aliphatic hydroxyl groups excluding tert-OH is 1. The monoisotopic (exact) mass is 301 g/mol. The highest BCUT2D eigenvalue weighted by Gasteiger charge is 2.35. The normalized spacial score (nSPS) is 20.1. The summed E-state index contributed by atoms with van der Waals surface area (Å²) in [6, 6.07) is 2.64. The molecule has 1 saturated heterocycles. The molecule has 1 unspecified atom stereocenters. The molecule has 1 aromatic carbocycles. The molecule has 0 saturated carbocycles. The number of hydrogen-bond acceptors (Lipinski definition) is 5. The first-order chi connectivity index (χ1) is 9.37. The SMILES string of the molecule is O=C(O)c1cc(S(=O)(=O)N2CCCC2CO)ccc1O. The molecule has 3 N–H and O–H groups in total. The minimum atomic E-state index is -3.87. The second-order valence-electron chi connectivity index (χ2n) is 4.58. The Morgan fingerprint density at radius 1 is 1.40 bits per heavy atom. The predicted octanol–water partition coefficient (Wildman–Crippen LogP) is 0.236. The number of nitrogens with zero attached hydrogens (tertiary/aromatic N) is 1. The van der Waals surface area contributed by atoms with E-state index < -0.39 is 33.3 Å². The Labute approximate surface area is 116 Å². The van der Waals surface area contributed by atoms with Crippen molar-refractivity contribution in [1.82, 2.24) is 4.31 Å². The van der Waals surface area contributed by atoms with Crippen LogP contribution in [0.15, 0.2) is 23.1 Å². The van der Waals surface area contributed by atoms with E-state index in [1.165, 1.54) is 4.31 Å². The van der Waals surface area contributed by atoms with Crippen molar-refractivity contribution in [3.63, 3.8) is 0 Å². The Morgan fingerprint density at radius 3 is 2.70 bits per heavy atom. The summed E-state index contributed by atoms with van der Waals surface area (Å²) in [5.74, 6) is -1.89. The highest BCUT2D eigenvalue weighted by Crippen LogP contribution is 2.28. The van der Waals surface area contributed by atoms with Gasteiger partial charge in [-0.25, -0.2) is 13.2 Å². The van der Waals surface area contributed by atoms with Crippen LogP contribution >= 0.6 is 0 Å². The van der Waals surface area contributed by atoms with Crippen LogP contribution in [0, 0.1) is 0 Å². The minimum Gasteiger partial charge on any atom is -0.507 e. The Bertz CT molecular complexity index is 627. The molecule has 0 aliphatic carbocycles. The average molecular weight is 301 g/mol. The quantitative estimate of drug-likeness (QED) is 0.733. The van der Waals surface area contributed by atoms with E-state index in [4.69, 9.17) is 5.11 Å². The van der Waals surface area contributed by atoms with Crippen LogP contribution in [0.25, 0.3) is 0 Å². The molecule has 1 aromatic rings. The van der Waals surface area contributed by atoms with Gasteiger partial charge in [-0.2, -0.15) is 4.31 Å². The van der Waals surface area contributed by atoms with Crippen molar-refractivity contribution < 1.29 is 28.5 Å². The molecule has 1 aliphatic rings. The van der Waals surface area contributed by atoms with Gasteiger partial charge in [-0.05, 0) is 31.0 Å². The number of phenols is 1. The number of carboxylic acids is 1. The maximum atomic E-state index is 12.4. The Balaban J connectivity index is 2.44. The van der Waals surface area contributed by atoms with Crippen LogP contribution in [0.2, 0.25) is 0 Å². The van der Waals surface area contributed by atoms with Gasteiger partial charge < -0.3 is 15.3 Å². The van der Waals surface area contributed by atoms with Crippen molar-refractivity contribution in [2.45, 2.75) is 23.8 Å². The minimum absolute atomic E-state index is 0.201. The summed E-state index contributed by atoms with van der Waals surface area (Å²) in [5, 5.41) is 27.5. The summed E-state index contributed by atoms with van der Waals surface area (Å²) < 4.78 is 26.0. The molecule has 1 aliphatic heterocycles. The maximum Gasteiger partial charge on any atom is 0.339 e. The molecule has 2 rings (SSSR count). The molecule has 0 amide bonds. The number of rotatable bonds is 4. The summed E-state index contributed by atoms with van der Waals surface area (Å²) in [6.07, 6.45) is 1.22. The molecule has 0 aromatic heterocycles. The van der Waals surface area contributed by atoms with Gasteiger partial charge in [0.05, 0.1) is 11.5 Å². The second kappa shape index (κ2) is 5.39. The number of benzene rings is 1. The number of aromatic hydroxyl groups is 1. The molecule has 0 bridgehead atoms. The van der Waals surface area contributed by atoms with E-state index in [1.807, 2.05) is 0 Å².